The Morgan fingerprint density at radius 1 is 1.22 bits per heavy atom. The standard InChI is InChI=1S/C26H30N6O4/c1-5-17-19-15-27-32(23-8-6-7-13-36-23)21(19)12-11-20(17)28-26-29-24(30-31(26)2)16-9-10-18(25(33)35-4)22(14-16)34-3/h9-12,14-15,23H,5-8,13H2,1-4H3,(H,28,29,30). The van der Waals surface area contributed by atoms with E-state index in [0.717, 1.165) is 60.0 Å². The first-order valence-electron chi connectivity index (χ1n) is 12.1. The highest BCUT2D eigenvalue weighted by Crippen LogP contribution is 2.33. The third-order valence-electron chi connectivity index (χ3n) is 6.55. The van der Waals surface area contributed by atoms with Crippen LogP contribution in [0.1, 0.15) is 48.3 Å². The smallest absolute Gasteiger partial charge is 0.341 e. The van der Waals surface area contributed by atoms with Crippen LogP contribution < -0.4 is 10.1 Å². The van der Waals surface area contributed by atoms with Crippen LogP contribution in [0.2, 0.25) is 0 Å². The van der Waals surface area contributed by atoms with Crippen molar-refractivity contribution in [1.29, 1.82) is 0 Å². The van der Waals surface area contributed by atoms with Crippen molar-refractivity contribution in [3.8, 4) is 17.1 Å². The van der Waals surface area contributed by atoms with Gasteiger partial charge in [0.15, 0.2) is 12.1 Å². The van der Waals surface area contributed by atoms with Gasteiger partial charge in [-0.25, -0.2) is 14.2 Å². The molecule has 5 rings (SSSR count). The van der Waals surface area contributed by atoms with E-state index in [4.69, 9.17) is 19.2 Å². The van der Waals surface area contributed by atoms with Gasteiger partial charge in [0.25, 0.3) is 0 Å². The number of nitrogens with zero attached hydrogens (tertiary/aromatic N) is 5. The molecule has 1 saturated heterocycles. The van der Waals surface area contributed by atoms with Gasteiger partial charge in [-0.1, -0.05) is 6.92 Å². The van der Waals surface area contributed by atoms with Crippen molar-refractivity contribution in [2.24, 2.45) is 7.05 Å². The van der Waals surface area contributed by atoms with Crippen LogP contribution in [-0.2, 0) is 22.9 Å². The first-order chi connectivity index (χ1) is 17.5. The fourth-order valence-corrected chi connectivity index (χ4v) is 4.67. The molecule has 1 fully saturated rings. The number of esters is 1. The number of hydrogen-bond acceptors (Lipinski definition) is 8. The Hall–Kier alpha value is -3.92. The molecule has 1 unspecified atom stereocenters. The SMILES string of the molecule is CCc1c(Nc2nc(-c3ccc(C(=O)OC)c(OC)c3)nn2C)ccc2c1cnn2C1CCCCO1. The van der Waals surface area contributed by atoms with Crippen LogP contribution in [0.5, 0.6) is 5.75 Å². The van der Waals surface area contributed by atoms with Crippen LogP contribution in [0.4, 0.5) is 11.6 Å². The van der Waals surface area contributed by atoms with Crippen molar-refractivity contribution in [1.82, 2.24) is 24.5 Å². The fraction of sp³-hybridized carbons (Fsp3) is 0.385. The van der Waals surface area contributed by atoms with Crippen molar-refractivity contribution in [2.45, 2.75) is 38.8 Å². The lowest BCUT2D eigenvalue weighted by molar-refractivity contribution is -0.0366. The molecule has 0 amide bonds. The summed E-state index contributed by atoms with van der Waals surface area (Å²) in [6, 6.07) is 9.30. The lowest BCUT2D eigenvalue weighted by Gasteiger charge is -2.23. The normalized spacial score (nSPS) is 15.7. The molecule has 0 saturated carbocycles. The fourth-order valence-electron chi connectivity index (χ4n) is 4.67. The number of hydrogen-bond donors (Lipinski definition) is 1. The highest BCUT2D eigenvalue weighted by atomic mass is 16.5. The zero-order valence-electron chi connectivity index (χ0n) is 20.9. The lowest BCUT2D eigenvalue weighted by atomic mass is 10.1. The number of aryl methyl sites for hydroxylation is 2. The molecule has 10 heteroatoms. The second-order valence-electron chi connectivity index (χ2n) is 8.70. The van der Waals surface area contributed by atoms with Crippen molar-refractivity contribution >= 4 is 28.5 Å². The molecule has 0 spiro atoms. The summed E-state index contributed by atoms with van der Waals surface area (Å²) in [4.78, 5) is 16.7. The summed E-state index contributed by atoms with van der Waals surface area (Å²) in [5.74, 6) is 1.05. The van der Waals surface area contributed by atoms with Crippen molar-refractivity contribution in [2.75, 3.05) is 26.1 Å². The summed E-state index contributed by atoms with van der Waals surface area (Å²) in [6.45, 7) is 2.91. The zero-order chi connectivity index (χ0) is 25.2. The molecule has 1 aliphatic rings. The number of fused-ring (bicyclic) bond motifs is 1. The van der Waals surface area contributed by atoms with Gasteiger partial charge < -0.3 is 19.5 Å². The summed E-state index contributed by atoms with van der Waals surface area (Å²) in [7, 11) is 4.68. The largest absolute Gasteiger partial charge is 0.496 e. The van der Waals surface area contributed by atoms with E-state index in [9.17, 15) is 4.79 Å². The second-order valence-corrected chi connectivity index (χ2v) is 8.70. The average Bonchev–Trinajstić information content (AvgIpc) is 3.51. The second kappa shape index (κ2) is 9.98. The Kier molecular flexibility index (Phi) is 6.60. The number of methoxy groups -OCH3 is 2. The maximum absolute atomic E-state index is 12.0. The van der Waals surface area contributed by atoms with Crippen LogP contribution in [0, 0.1) is 0 Å². The number of rotatable bonds is 7. The molecule has 3 heterocycles. The highest BCUT2D eigenvalue weighted by Gasteiger charge is 2.21. The minimum atomic E-state index is -0.462. The molecule has 0 bridgehead atoms. The van der Waals surface area contributed by atoms with E-state index >= 15 is 0 Å². The monoisotopic (exact) mass is 490 g/mol. The quantitative estimate of drug-likeness (QED) is 0.374. The topological polar surface area (TPSA) is 105 Å². The van der Waals surface area contributed by atoms with E-state index in [1.807, 2.05) is 17.9 Å². The molecule has 4 aromatic rings. The summed E-state index contributed by atoms with van der Waals surface area (Å²) in [6.07, 6.45) is 5.97. The maximum Gasteiger partial charge on any atom is 0.341 e. The number of ether oxygens (including phenoxy) is 3. The van der Waals surface area contributed by atoms with Gasteiger partial charge in [-0.2, -0.15) is 10.1 Å². The van der Waals surface area contributed by atoms with Gasteiger partial charge in [0.2, 0.25) is 5.95 Å². The van der Waals surface area contributed by atoms with Crippen molar-refractivity contribution < 1.29 is 19.0 Å². The molecule has 36 heavy (non-hydrogen) atoms. The lowest BCUT2D eigenvalue weighted by Crippen LogP contribution is -2.19. The number of carbonyl (C=O) groups is 1. The third-order valence-corrected chi connectivity index (χ3v) is 6.55. The van der Waals surface area contributed by atoms with Crippen molar-refractivity contribution in [3.05, 3.63) is 47.7 Å². The average molecular weight is 491 g/mol. The van der Waals surface area contributed by atoms with E-state index in [1.54, 1.807) is 22.9 Å². The van der Waals surface area contributed by atoms with Crippen LogP contribution in [0.3, 0.4) is 0 Å². The summed E-state index contributed by atoms with van der Waals surface area (Å²) in [5, 5.41) is 13.8. The first-order valence-corrected chi connectivity index (χ1v) is 12.1. The van der Waals surface area contributed by atoms with Gasteiger partial charge in [0.1, 0.15) is 11.3 Å². The summed E-state index contributed by atoms with van der Waals surface area (Å²) in [5.41, 5.74) is 4.25. The first kappa shape index (κ1) is 23.8. The van der Waals surface area contributed by atoms with E-state index in [-0.39, 0.29) is 6.23 Å². The minimum absolute atomic E-state index is 0.0105. The number of aromatic nitrogens is 5. The van der Waals surface area contributed by atoms with Crippen LogP contribution in [-0.4, -0.2) is 51.3 Å². The number of nitrogens with one attached hydrogen (secondary N) is 1. The van der Waals surface area contributed by atoms with Crippen LogP contribution in [0.15, 0.2) is 36.5 Å². The van der Waals surface area contributed by atoms with Crippen LogP contribution in [0.25, 0.3) is 22.3 Å². The highest BCUT2D eigenvalue weighted by molar-refractivity contribution is 5.93. The Balaban J connectivity index is 1.45. The zero-order valence-corrected chi connectivity index (χ0v) is 20.9. The number of anilines is 2. The molecule has 0 radical (unpaired) electrons. The van der Waals surface area contributed by atoms with Gasteiger partial charge >= 0.3 is 5.97 Å². The summed E-state index contributed by atoms with van der Waals surface area (Å²) < 4.78 is 19.9. The number of benzene rings is 2. The molecule has 1 N–H and O–H groups in total. The number of carbonyl (C=O) groups excluding carboxylic acids is 1. The van der Waals surface area contributed by atoms with Gasteiger partial charge in [-0.15, -0.1) is 5.10 Å². The maximum atomic E-state index is 12.0. The minimum Gasteiger partial charge on any atom is -0.496 e. The van der Waals surface area contributed by atoms with Crippen LogP contribution >= 0.6 is 0 Å². The van der Waals surface area contributed by atoms with E-state index < -0.39 is 5.97 Å². The predicted molar refractivity (Wildman–Crippen MR) is 136 cm³/mol. The third kappa shape index (κ3) is 4.28. The van der Waals surface area contributed by atoms with Gasteiger partial charge in [-0.3, -0.25) is 0 Å². The molecule has 2 aromatic heterocycles. The molecule has 188 valence electrons. The van der Waals surface area contributed by atoms with E-state index in [0.29, 0.717) is 23.1 Å². The Morgan fingerprint density at radius 3 is 2.81 bits per heavy atom. The molecular formula is C26H30N6O4. The van der Waals surface area contributed by atoms with Gasteiger partial charge in [-0.05, 0) is 61.6 Å². The Labute approximate surface area is 209 Å². The predicted octanol–water partition coefficient (Wildman–Crippen LogP) is 4.63. The Bertz CT molecular complexity index is 1400. The summed E-state index contributed by atoms with van der Waals surface area (Å²) >= 11 is 0. The molecule has 1 atom stereocenters. The van der Waals surface area contributed by atoms with Gasteiger partial charge in [0, 0.05) is 30.3 Å². The van der Waals surface area contributed by atoms with Gasteiger partial charge in [0.05, 0.1) is 25.9 Å². The molecule has 10 nitrogen and oxygen atoms in total. The van der Waals surface area contributed by atoms with E-state index in [1.165, 1.54) is 14.2 Å². The van der Waals surface area contributed by atoms with Crippen molar-refractivity contribution in [3.63, 3.8) is 0 Å². The van der Waals surface area contributed by atoms with E-state index in [2.05, 4.69) is 34.6 Å². The molecule has 1 aliphatic heterocycles. The molecule has 2 aromatic carbocycles. The molecular weight excluding hydrogens is 460 g/mol. The molecule has 0 aliphatic carbocycles. The Morgan fingerprint density at radius 2 is 2.08 bits per heavy atom.